The highest BCUT2D eigenvalue weighted by Crippen LogP contribution is 2.37. The van der Waals surface area contributed by atoms with Gasteiger partial charge in [-0.15, -0.1) is 0 Å². The van der Waals surface area contributed by atoms with Gasteiger partial charge in [0, 0.05) is 29.9 Å². The van der Waals surface area contributed by atoms with Crippen LogP contribution in [0.1, 0.15) is 47.8 Å². The van der Waals surface area contributed by atoms with Crippen LogP contribution in [0.3, 0.4) is 0 Å². The average molecular weight is 529 g/mol. The zero-order valence-electron chi connectivity index (χ0n) is 21.5. The number of nitrogens with zero attached hydrogens (tertiary/aromatic N) is 2. The molecule has 0 radical (unpaired) electrons. The first-order valence-corrected chi connectivity index (χ1v) is 12.5. The number of amides is 3. The number of urea groups is 1. The molecule has 2 N–H and O–H groups in total. The molecule has 1 aliphatic heterocycles. The van der Waals surface area contributed by atoms with Crippen LogP contribution < -0.4 is 10.6 Å². The van der Waals surface area contributed by atoms with E-state index in [9.17, 15) is 24.5 Å². The zero-order chi connectivity index (χ0) is 27.9. The fourth-order valence-electron chi connectivity index (χ4n) is 4.37. The second-order valence-corrected chi connectivity index (χ2v) is 8.76. The van der Waals surface area contributed by atoms with Crippen LogP contribution in [-0.4, -0.2) is 40.9 Å². The first-order chi connectivity index (χ1) is 18.8. The Morgan fingerprint density at radius 1 is 1.00 bits per heavy atom. The van der Waals surface area contributed by atoms with Gasteiger partial charge in [-0.2, -0.15) is 0 Å². The van der Waals surface area contributed by atoms with Crippen molar-refractivity contribution < 1.29 is 24.0 Å². The predicted octanol–water partition coefficient (Wildman–Crippen LogP) is 5.30. The number of anilines is 1. The molecule has 39 heavy (non-hydrogen) atoms. The van der Waals surface area contributed by atoms with Crippen molar-refractivity contribution in [1.29, 1.82) is 0 Å². The van der Waals surface area contributed by atoms with Gasteiger partial charge in [0.05, 0.1) is 28.8 Å². The van der Waals surface area contributed by atoms with E-state index in [1.807, 2.05) is 37.3 Å². The number of non-ortho nitro benzene ring substituents is 1. The molecular weight excluding hydrogens is 500 g/mol. The van der Waals surface area contributed by atoms with Crippen molar-refractivity contribution >= 4 is 35.0 Å². The van der Waals surface area contributed by atoms with Crippen LogP contribution in [0.5, 0.6) is 0 Å². The Balaban J connectivity index is 1.68. The SMILES string of the molecule is CCCN1C(=O)N[C@H](c2ccc(NC(=O)c3ccc([N+](=O)[O-])cc3)cc2)C(C(=O)OCC)=C1c1ccccc1. The van der Waals surface area contributed by atoms with Gasteiger partial charge < -0.3 is 15.4 Å². The summed E-state index contributed by atoms with van der Waals surface area (Å²) in [6.45, 7) is 4.27. The van der Waals surface area contributed by atoms with Gasteiger partial charge in [-0.3, -0.25) is 19.8 Å². The molecule has 0 aromatic heterocycles. The van der Waals surface area contributed by atoms with E-state index in [2.05, 4.69) is 10.6 Å². The van der Waals surface area contributed by atoms with Gasteiger partial charge in [-0.05, 0) is 48.7 Å². The molecule has 0 saturated heterocycles. The van der Waals surface area contributed by atoms with Crippen LogP contribution in [0, 0.1) is 10.1 Å². The van der Waals surface area contributed by atoms with Crippen LogP contribution in [0.2, 0.25) is 0 Å². The number of carbonyl (C=O) groups is 3. The molecule has 3 aromatic carbocycles. The standard InChI is InChI=1S/C29H28N4O6/c1-3-18-32-26(20-8-6-5-7-9-20)24(28(35)39-4-2)25(31-29(32)36)19-10-14-22(15-11-19)30-27(34)21-12-16-23(17-13-21)33(37)38/h5-17,25H,3-4,18H2,1-2H3,(H,30,34)(H,31,36)/t25-/m1/s1. The van der Waals surface area contributed by atoms with Crippen molar-refractivity contribution in [3.8, 4) is 0 Å². The lowest BCUT2D eigenvalue weighted by atomic mass is 9.91. The van der Waals surface area contributed by atoms with Gasteiger partial charge in [-0.1, -0.05) is 49.4 Å². The van der Waals surface area contributed by atoms with Crippen molar-refractivity contribution in [1.82, 2.24) is 10.2 Å². The van der Waals surface area contributed by atoms with Crippen LogP contribution in [0.15, 0.2) is 84.4 Å². The Hall–Kier alpha value is -4.99. The number of ether oxygens (including phenoxy) is 1. The molecule has 4 rings (SSSR count). The summed E-state index contributed by atoms with van der Waals surface area (Å²) in [6.07, 6.45) is 0.688. The fourth-order valence-corrected chi connectivity index (χ4v) is 4.37. The first-order valence-electron chi connectivity index (χ1n) is 12.5. The van der Waals surface area contributed by atoms with Crippen LogP contribution >= 0.6 is 0 Å². The van der Waals surface area contributed by atoms with Gasteiger partial charge in [0.15, 0.2) is 0 Å². The van der Waals surface area contributed by atoms with E-state index in [1.165, 1.54) is 24.3 Å². The maximum Gasteiger partial charge on any atom is 0.338 e. The summed E-state index contributed by atoms with van der Waals surface area (Å²) >= 11 is 0. The minimum Gasteiger partial charge on any atom is -0.463 e. The lowest BCUT2D eigenvalue weighted by Gasteiger charge is -2.36. The number of hydrogen-bond acceptors (Lipinski definition) is 6. The summed E-state index contributed by atoms with van der Waals surface area (Å²) in [4.78, 5) is 51.1. The molecule has 10 heteroatoms. The van der Waals surface area contributed by atoms with E-state index in [1.54, 1.807) is 36.1 Å². The molecule has 10 nitrogen and oxygen atoms in total. The normalized spacial score (nSPS) is 15.0. The number of nitro benzene ring substituents is 1. The molecule has 1 atom stereocenters. The number of benzene rings is 3. The number of nitrogens with one attached hydrogen (secondary N) is 2. The Labute approximate surface area is 225 Å². The molecule has 200 valence electrons. The topological polar surface area (TPSA) is 131 Å². The predicted molar refractivity (Wildman–Crippen MR) is 146 cm³/mol. The Morgan fingerprint density at radius 3 is 2.26 bits per heavy atom. The highest BCUT2D eigenvalue weighted by Gasteiger charge is 2.38. The van der Waals surface area contributed by atoms with Crippen LogP contribution in [0.25, 0.3) is 5.70 Å². The van der Waals surface area contributed by atoms with E-state index in [0.29, 0.717) is 35.5 Å². The molecule has 3 amide bonds. The summed E-state index contributed by atoms with van der Waals surface area (Å²) in [6, 6.07) is 20.2. The summed E-state index contributed by atoms with van der Waals surface area (Å²) < 4.78 is 5.42. The Bertz CT molecular complexity index is 1400. The highest BCUT2D eigenvalue weighted by molar-refractivity contribution is 6.05. The second kappa shape index (κ2) is 12.0. The third-order valence-corrected chi connectivity index (χ3v) is 6.16. The van der Waals surface area contributed by atoms with E-state index in [4.69, 9.17) is 4.74 Å². The van der Waals surface area contributed by atoms with Crippen molar-refractivity contribution in [2.75, 3.05) is 18.5 Å². The Kier molecular flexibility index (Phi) is 8.35. The molecule has 0 aliphatic carbocycles. The molecule has 1 aliphatic rings. The molecule has 0 unspecified atom stereocenters. The van der Waals surface area contributed by atoms with Gasteiger partial charge in [-0.25, -0.2) is 9.59 Å². The Morgan fingerprint density at radius 2 is 1.67 bits per heavy atom. The van der Waals surface area contributed by atoms with E-state index < -0.39 is 22.8 Å². The second-order valence-electron chi connectivity index (χ2n) is 8.76. The van der Waals surface area contributed by atoms with Gasteiger partial charge >= 0.3 is 12.0 Å². The molecule has 0 bridgehead atoms. The smallest absolute Gasteiger partial charge is 0.338 e. The first kappa shape index (κ1) is 27.1. The quantitative estimate of drug-likeness (QED) is 0.220. The van der Waals surface area contributed by atoms with Gasteiger partial charge in [0.2, 0.25) is 0 Å². The minimum absolute atomic E-state index is 0.108. The van der Waals surface area contributed by atoms with Crippen molar-refractivity contribution in [2.24, 2.45) is 0 Å². The third kappa shape index (κ3) is 5.96. The number of nitro groups is 1. The molecule has 0 spiro atoms. The minimum atomic E-state index is -0.778. The van der Waals surface area contributed by atoms with Crippen LogP contribution in [0.4, 0.5) is 16.2 Å². The van der Waals surface area contributed by atoms with E-state index in [0.717, 1.165) is 5.56 Å². The number of esters is 1. The molecule has 1 heterocycles. The molecule has 0 saturated carbocycles. The highest BCUT2D eigenvalue weighted by atomic mass is 16.6. The molecular formula is C29H28N4O6. The summed E-state index contributed by atoms with van der Waals surface area (Å²) in [5.74, 6) is -0.963. The largest absolute Gasteiger partial charge is 0.463 e. The zero-order valence-corrected chi connectivity index (χ0v) is 21.5. The molecule has 0 fully saturated rings. The molecule has 3 aromatic rings. The monoisotopic (exact) mass is 528 g/mol. The lowest BCUT2D eigenvalue weighted by molar-refractivity contribution is -0.384. The van der Waals surface area contributed by atoms with Crippen molar-refractivity contribution in [3.63, 3.8) is 0 Å². The van der Waals surface area contributed by atoms with Crippen molar-refractivity contribution in [3.05, 3.63) is 111 Å². The summed E-state index contributed by atoms with van der Waals surface area (Å²) in [7, 11) is 0. The average Bonchev–Trinajstić information content (AvgIpc) is 2.95. The lowest BCUT2D eigenvalue weighted by Crippen LogP contribution is -2.48. The van der Waals surface area contributed by atoms with E-state index in [-0.39, 0.29) is 23.9 Å². The summed E-state index contributed by atoms with van der Waals surface area (Å²) in [5, 5.41) is 16.5. The maximum atomic E-state index is 13.3. The van der Waals surface area contributed by atoms with Crippen LogP contribution in [-0.2, 0) is 9.53 Å². The number of hydrogen-bond donors (Lipinski definition) is 2. The summed E-state index contributed by atoms with van der Waals surface area (Å²) in [5.41, 5.74) is 2.80. The maximum absolute atomic E-state index is 13.3. The van der Waals surface area contributed by atoms with Gasteiger partial charge in [0.1, 0.15) is 0 Å². The third-order valence-electron chi connectivity index (χ3n) is 6.16. The van der Waals surface area contributed by atoms with E-state index >= 15 is 0 Å². The number of carbonyl (C=O) groups excluding carboxylic acids is 3. The fraction of sp³-hybridized carbons (Fsp3) is 0.207. The number of rotatable bonds is 9. The van der Waals surface area contributed by atoms with Gasteiger partial charge in [0.25, 0.3) is 11.6 Å². The van der Waals surface area contributed by atoms with Crippen molar-refractivity contribution in [2.45, 2.75) is 26.3 Å².